The fourth-order valence-corrected chi connectivity index (χ4v) is 2.13. The van der Waals surface area contributed by atoms with Gasteiger partial charge in [-0.1, -0.05) is 30.3 Å². The first-order chi connectivity index (χ1) is 10.2. The zero-order valence-corrected chi connectivity index (χ0v) is 12.1. The summed E-state index contributed by atoms with van der Waals surface area (Å²) in [6, 6.07) is 14.0. The molecule has 0 spiro atoms. The summed E-state index contributed by atoms with van der Waals surface area (Å²) in [4.78, 5) is 4.16. The Bertz CT molecular complexity index is 620. The van der Waals surface area contributed by atoms with Crippen LogP contribution in [0.1, 0.15) is 23.1 Å². The number of aliphatic hydroxyl groups excluding tert-OH is 1. The number of aryl methyl sites for hydroxylation is 2. The van der Waals surface area contributed by atoms with Crippen molar-refractivity contribution in [2.24, 2.45) is 0 Å². The molecule has 0 amide bonds. The zero-order chi connectivity index (χ0) is 15.1. The number of aliphatic hydroxyl groups is 1. The molecule has 1 unspecified atom stereocenters. The Labute approximate surface area is 125 Å². The number of pyridine rings is 1. The molecule has 1 atom stereocenters. The van der Waals surface area contributed by atoms with Crippen molar-refractivity contribution in [2.75, 3.05) is 11.9 Å². The average molecular weight is 281 g/mol. The maximum Gasteiger partial charge on any atom is 0.144 e. The minimum atomic E-state index is -0.473. The van der Waals surface area contributed by atoms with Crippen LogP contribution in [0.2, 0.25) is 0 Å². The van der Waals surface area contributed by atoms with Gasteiger partial charge in [-0.15, -0.1) is 0 Å². The minimum absolute atomic E-state index is 0.387. The summed E-state index contributed by atoms with van der Waals surface area (Å²) >= 11 is 0. The number of nitrogens with one attached hydrogen (secondary N) is 1. The number of hydrogen-bond acceptors (Lipinski definition) is 4. The van der Waals surface area contributed by atoms with Crippen LogP contribution in [-0.4, -0.2) is 22.7 Å². The molecule has 0 radical (unpaired) electrons. The second-order valence-corrected chi connectivity index (χ2v) is 5.02. The highest BCUT2D eigenvalue weighted by molar-refractivity contribution is 5.55. The van der Waals surface area contributed by atoms with Crippen molar-refractivity contribution in [1.29, 1.82) is 5.26 Å². The van der Waals surface area contributed by atoms with Crippen LogP contribution in [0.4, 0.5) is 5.82 Å². The van der Waals surface area contributed by atoms with E-state index in [2.05, 4.69) is 28.5 Å². The molecule has 0 aliphatic rings. The standard InChI is InChI=1S/C17H19N3O/c1-13-9-10-19-17(16(13)11-18)20-12-15(21)8-7-14-5-3-2-4-6-14/h2-6,9-10,15,21H,7-8,12H2,1H3,(H,19,20). The van der Waals surface area contributed by atoms with Crippen molar-refractivity contribution in [3.8, 4) is 6.07 Å². The maximum atomic E-state index is 10.0. The molecule has 4 nitrogen and oxygen atoms in total. The quantitative estimate of drug-likeness (QED) is 0.854. The first-order valence-corrected chi connectivity index (χ1v) is 7.02. The zero-order valence-electron chi connectivity index (χ0n) is 12.1. The molecule has 2 N–H and O–H groups in total. The van der Waals surface area contributed by atoms with Gasteiger partial charge in [0.2, 0.25) is 0 Å². The second kappa shape index (κ2) is 7.41. The molecule has 0 aliphatic carbocycles. The lowest BCUT2D eigenvalue weighted by Crippen LogP contribution is -2.21. The fraction of sp³-hybridized carbons (Fsp3) is 0.294. The van der Waals surface area contributed by atoms with Gasteiger partial charge in [0.1, 0.15) is 11.9 Å². The predicted molar refractivity (Wildman–Crippen MR) is 82.9 cm³/mol. The number of rotatable bonds is 6. The smallest absolute Gasteiger partial charge is 0.144 e. The van der Waals surface area contributed by atoms with Crippen LogP contribution in [0.25, 0.3) is 0 Å². The van der Waals surface area contributed by atoms with Crippen LogP contribution in [0.15, 0.2) is 42.6 Å². The molecule has 1 aromatic carbocycles. The molecule has 4 heteroatoms. The molecule has 1 aromatic heterocycles. The molecule has 0 aliphatic heterocycles. The molecule has 0 bridgehead atoms. The highest BCUT2D eigenvalue weighted by Gasteiger charge is 2.09. The van der Waals surface area contributed by atoms with E-state index in [-0.39, 0.29) is 0 Å². The summed E-state index contributed by atoms with van der Waals surface area (Å²) in [5.74, 6) is 0.538. The van der Waals surface area contributed by atoms with Gasteiger partial charge in [-0.05, 0) is 37.0 Å². The van der Waals surface area contributed by atoms with E-state index in [1.165, 1.54) is 5.56 Å². The highest BCUT2D eigenvalue weighted by atomic mass is 16.3. The van der Waals surface area contributed by atoms with Crippen molar-refractivity contribution in [2.45, 2.75) is 25.9 Å². The van der Waals surface area contributed by atoms with Crippen LogP contribution in [0.5, 0.6) is 0 Å². The maximum absolute atomic E-state index is 10.0. The van der Waals surface area contributed by atoms with E-state index in [1.54, 1.807) is 12.3 Å². The Morgan fingerprint density at radius 2 is 2.05 bits per heavy atom. The van der Waals surface area contributed by atoms with E-state index < -0.39 is 6.10 Å². The van der Waals surface area contributed by atoms with E-state index in [4.69, 9.17) is 5.26 Å². The fourth-order valence-electron chi connectivity index (χ4n) is 2.13. The van der Waals surface area contributed by atoms with Gasteiger partial charge in [-0.2, -0.15) is 5.26 Å². The van der Waals surface area contributed by atoms with Gasteiger partial charge in [0.25, 0.3) is 0 Å². The van der Waals surface area contributed by atoms with Crippen molar-refractivity contribution >= 4 is 5.82 Å². The lowest BCUT2D eigenvalue weighted by atomic mass is 10.1. The van der Waals surface area contributed by atoms with Crippen LogP contribution in [0, 0.1) is 18.3 Å². The number of nitrogens with zero attached hydrogens (tertiary/aromatic N) is 2. The largest absolute Gasteiger partial charge is 0.391 e. The predicted octanol–water partition coefficient (Wildman–Crippen LogP) is 2.67. The average Bonchev–Trinajstić information content (AvgIpc) is 2.52. The van der Waals surface area contributed by atoms with E-state index in [0.717, 1.165) is 12.0 Å². The molecule has 0 saturated carbocycles. The molecule has 21 heavy (non-hydrogen) atoms. The van der Waals surface area contributed by atoms with Crippen LogP contribution in [-0.2, 0) is 6.42 Å². The van der Waals surface area contributed by atoms with Gasteiger partial charge >= 0.3 is 0 Å². The molecule has 0 fully saturated rings. The molecule has 2 rings (SSSR count). The van der Waals surface area contributed by atoms with Gasteiger partial charge in [0, 0.05) is 12.7 Å². The Kier molecular flexibility index (Phi) is 5.30. The second-order valence-electron chi connectivity index (χ2n) is 5.02. The molecule has 108 valence electrons. The Morgan fingerprint density at radius 1 is 1.29 bits per heavy atom. The Balaban J connectivity index is 1.86. The third-order valence-corrected chi connectivity index (χ3v) is 3.39. The van der Waals surface area contributed by atoms with Crippen LogP contribution in [0.3, 0.4) is 0 Å². The number of anilines is 1. The number of aromatic nitrogens is 1. The number of nitriles is 1. The van der Waals surface area contributed by atoms with E-state index in [0.29, 0.717) is 24.3 Å². The lowest BCUT2D eigenvalue weighted by molar-refractivity contribution is 0.177. The summed E-state index contributed by atoms with van der Waals surface area (Å²) in [6.07, 6.45) is 2.69. The monoisotopic (exact) mass is 281 g/mol. The molecular weight excluding hydrogens is 262 g/mol. The summed E-state index contributed by atoms with van der Waals surface area (Å²) < 4.78 is 0. The summed E-state index contributed by atoms with van der Waals surface area (Å²) in [6.45, 7) is 2.26. The van der Waals surface area contributed by atoms with Crippen molar-refractivity contribution in [3.05, 3.63) is 59.3 Å². The molecule has 0 saturated heterocycles. The van der Waals surface area contributed by atoms with E-state index in [9.17, 15) is 5.11 Å². The van der Waals surface area contributed by atoms with Crippen molar-refractivity contribution in [3.63, 3.8) is 0 Å². The summed E-state index contributed by atoms with van der Waals surface area (Å²) in [5, 5.41) is 22.2. The van der Waals surface area contributed by atoms with E-state index in [1.807, 2.05) is 25.1 Å². The Hall–Kier alpha value is -2.38. The van der Waals surface area contributed by atoms with Gasteiger partial charge in [-0.3, -0.25) is 0 Å². The third kappa shape index (κ3) is 4.30. The first kappa shape index (κ1) is 15.0. The van der Waals surface area contributed by atoms with Crippen LogP contribution < -0.4 is 5.32 Å². The number of benzene rings is 1. The van der Waals surface area contributed by atoms with Gasteiger partial charge in [-0.25, -0.2) is 4.98 Å². The van der Waals surface area contributed by atoms with Crippen molar-refractivity contribution < 1.29 is 5.11 Å². The van der Waals surface area contributed by atoms with Gasteiger partial charge in [0.05, 0.1) is 11.7 Å². The van der Waals surface area contributed by atoms with Crippen molar-refractivity contribution in [1.82, 2.24) is 4.98 Å². The van der Waals surface area contributed by atoms with E-state index >= 15 is 0 Å². The normalized spacial score (nSPS) is 11.7. The first-order valence-electron chi connectivity index (χ1n) is 7.02. The third-order valence-electron chi connectivity index (χ3n) is 3.39. The SMILES string of the molecule is Cc1ccnc(NCC(O)CCc2ccccc2)c1C#N. The Morgan fingerprint density at radius 3 is 2.76 bits per heavy atom. The topological polar surface area (TPSA) is 68.9 Å². The number of hydrogen-bond donors (Lipinski definition) is 2. The molecular formula is C17H19N3O. The molecule has 2 aromatic rings. The highest BCUT2D eigenvalue weighted by Crippen LogP contribution is 2.15. The summed E-state index contributed by atoms with van der Waals surface area (Å²) in [7, 11) is 0. The lowest BCUT2D eigenvalue weighted by Gasteiger charge is -2.13. The molecule has 1 heterocycles. The minimum Gasteiger partial charge on any atom is -0.391 e. The van der Waals surface area contributed by atoms with Crippen LogP contribution >= 0.6 is 0 Å². The van der Waals surface area contributed by atoms with Gasteiger partial charge in [0.15, 0.2) is 0 Å². The summed E-state index contributed by atoms with van der Waals surface area (Å²) in [5.41, 5.74) is 2.63. The van der Waals surface area contributed by atoms with Gasteiger partial charge < -0.3 is 10.4 Å².